The number of rotatable bonds is 7. The molecule has 22 heavy (non-hydrogen) atoms. The van der Waals surface area contributed by atoms with Gasteiger partial charge in [-0.2, -0.15) is 0 Å². The summed E-state index contributed by atoms with van der Waals surface area (Å²) in [4.78, 5) is 2.51. The lowest BCUT2D eigenvalue weighted by molar-refractivity contribution is 0.213. The number of hydrogen-bond donors (Lipinski definition) is 1. The molecular weight excluding hydrogens is 268 g/mol. The smallest absolute Gasteiger partial charge is 0.0373 e. The van der Waals surface area contributed by atoms with E-state index >= 15 is 0 Å². The maximum Gasteiger partial charge on any atom is 0.0373 e. The van der Waals surface area contributed by atoms with Crippen LogP contribution in [0.15, 0.2) is 48.5 Å². The van der Waals surface area contributed by atoms with Crippen molar-refractivity contribution >= 4 is 5.69 Å². The molecule has 0 aliphatic carbocycles. The molecule has 0 aromatic heterocycles. The molecule has 0 saturated heterocycles. The van der Waals surface area contributed by atoms with Gasteiger partial charge in [-0.05, 0) is 50.1 Å². The SMILES string of the molecule is CCNc1cc([C@H](C)N(CC)Cc2ccccc2)ccc1C. The lowest BCUT2D eigenvalue weighted by Gasteiger charge is -2.29. The summed E-state index contributed by atoms with van der Waals surface area (Å²) in [5.41, 5.74) is 5.31. The minimum Gasteiger partial charge on any atom is -0.385 e. The number of benzene rings is 2. The zero-order valence-electron chi connectivity index (χ0n) is 14.3. The molecule has 2 rings (SSSR count). The Morgan fingerprint density at radius 2 is 1.77 bits per heavy atom. The maximum absolute atomic E-state index is 3.46. The maximum atomic E-state index is 3.46. The number of hydrogen-bond acceptors (Lipinski definition) is 2. The van der Waals surface area contributed by atoms with E-state index in [0.29, 0.717) is 6.04 Å². The van der Waals surface area contributed by atoms with Gasteiger partial charge in [-0.25, -0.2) is 0 Å². The summed E-state index contributed by atoms with van der Waals surface area (Å²) in [6, 6.07) is 17.9. The molecule has 2 aromatic carbocycles. The highest BCUT2D eigenvalue weighted by molar-refractivity contribution is 5.53. The fourth-order valence-electron chi connectivity index (χ4n) is 2.83. The van der Waals surface area contributed by atoms with E-state index in [1.54, 1.807) is 0 Å². The van der Waals surface area contributed by atoms with E-state index in [0.717, 1.165) is 19.6 Å². The number of aryl methyl sites for hydroxylation is 1. The third-order valence-corrected chi connectivity index (χ3v) is 4.29. The van der Waals surface area contributed by atoms with Crippen molar-refractivity contribution in [3.05, 3.63) is 65.2 Å². The number of nitrogens with zero attached hydrogens (tertiary/aromatic N) is 1. The Kier molecular flexibility index (Phi) is 6.02. The molecule has 1 atom stereocenters. The highest BCUT2D eigenvalue weighted by Crippen LogP contribution is 2.26. The molecule has 0 bridgehead atoms. The van der Waals surface area contributed by atoms with Crippen LogP contribution in [-0.2, 0) is 6.54 Å². The molecule has 0 unspecified atom stereocenters. The van der Waals surface area contributed by atoms with Gasteiger partial charge in [-0.3, -0.25) is 4.90 Å². The van der Waals surface area contributed by atoms with Crippen molar-refractivity contribution in [2.45, 2.75) is 40.3 Å². The highest BCUT2D eigenvalue weighted by Gasteiger charge is 2.15. The van der Waals surface area contributed by atoms with Crippen molar-refractivity contribution in [2.75, 3.05) is 18.4 Å². The molecular formula is C20H28N2. The van der Waals surface area contributed by atoms with Gasteiger partial charge < -0.3 is 5.32 Å². The molecule has 0 amide bonds. The van der Waals surface area contributed by atoms with Crippen molar-refractivity contribution in [3.8, 4) is 0 Å². The van der Waals surface area contributed by atoms with Crippen LogP contribution in [0.5, 0.6) is 0 Å². The van der Waals surface area contributed by atoms with Gasteiger partial charge in [0.2, 0.25) is 0 Å². The molecule has 0 radical (unpaired) electrons. The third kappa shape index (κ3) is 4.11. The summed E-state index contributed by atoms with van der Waals surface area (Å²) in [5, 5.41) is 3.46. The first-order valence-electron chi connectivity index (χ1n) is 8.28. The van der Waals surface area contributed by atoms with E-state index < -0.39 is 0 Å². The Balaban J connectivity index is 2.17. The van der Waals surface area contributed by atoms with E-state index in [4.69, 9.17) is 0 Å². The molecule has 0 saturated carbocycles. The van der Waals surface area contributed by atoms with E-state index in [1.807, 2.05) is 0 Å². The Morgan fingerprint density at radius 1 is 1.05 bits per heavy atom. The first-order chi connectivity index (χ1) is 10.7. The van der Waals surface area contributed by atoms with Gasteiger partial charge in [0.05, 0.1) is 0 Å². The molecule has 118 valence electrons. The van der Waals surface area contributed by atoms with Crippen LogP contribution in [0, 0.1) is 6.92 Å². The molecule has 0 aliphatic heterocycles. The zero-order valence-corrected chi connectivity index (χ0v) is 14.3. The lowest BCUT2D eigenvalue weighted by Crippen LogP contribution is -2.26. The normalized spacial score (nSPS) is 12.4. The van der Waals surface area contributed by atoms with Crippen molar-refractivity contribution in [3.63, 3.8) is 0 Å². The molecule has 0 fully saturated rings. The standard InChI is InChI=1S/C20H28N2/c1-5-21-20-14-19(13-12-16(20)3)17(4)22(6-2)15-18-10-8-7-9-11-18/h7-14,17,21H,5-6,15H2,1-4H3/t17-/m0/s1. The molecule has 2 heteroatoms. The zero-order chi connectivity index (χ0) is 15.9. The second-order valence-electron chi connectivity index (χ2n) is 5.83. The second kappa shape index (κ2) is 8.00. The fourth-order valence-corrected chi connectivity index (χ4v) is 2.83. The fraction of sp³-hybridized carbons (Fsp3) is 0.400. The van der Waals surface area contributed by atoms with Gasteiger partial charge in [0, 0.05) is 24.8 Å². The van der Waals surface area contributed by atoms with Crippen LogP contribution in [0.25, 0.3) is 0 Å². The predicted molar refractivity (Wildman–Crippen MR) is 96.3 cm³/mol. The van der Waals surface area contributed by atoms with Crippen LogP contribution >= 0.6 is 0 Å². The number of anilines is 1. The van der Waals surface area contributed by atoms with Crippen molar-refractivity contribution < 1.29 is 0 Å². The van der Waals surface area contributed by atoms with Gasteiger partial charge in [0.25, 0.3) is 0 Å². The van der Waals surface area contributed by atoms with Crippen molar-refractivity contribution in [2.24, 2.45) is 0 Å². The van der Waals surface area contributed by atoms with Crippen LogP contribution in [0.1, 0.15) is 43.5 Å². The average molecular weight is 296 g/mol. The summed E-state index contributed by atoms with van der Waals surface area (Å²) in [6.45, 7) is 11.8. The van der Waals surface area contributed by atoms with Gasteiger partial charge in [0.15, 0.2) is 0 Å². The summed E-state index contributed by atoms with van der Waals surface area (Å²) in [5.74, 6) is 0. The second-order valence-corrected chi connectivity index (χ2v) is 5.83. The van der Waals surface area contributed by atoms with E-state index in [9.17, 15) is 0 Å². The molecule has 0 spiro atoms. The minimum atomic E-state index is 0.406. The predicted octanol–water partition coefficient (Wildman–Crippen LogP) is 5.01. The molecule has 0 heterocycles. The quantitative estimate of drug-likeness (QED) is 0.772. The molecule has 2 aromatic rings. The summed E-state index contributed by atoms with van der Waals surface area (Å²) < 4.78 is 0. The van der Waals surface area contributed by atoms with E-state index in [-0.39, 0.29) is 0 Å². The number of nitrogens with one attached hydrogen (secondary N) is 1. The van der Waals surface area contributed by atoms with E-state index in [2.05, 4.69) is 86.4 Å². The van der Waals surface area contributed by atoms with Gasteiger partial charge in [0.1, 0.15) is 0 Å². The van der Waals surface area contributed by atoms with Gasteiger partial charge >= 0.3 is 0 Å². The van der Waals surface area contributed by atoms with Crippen LogP contribution in [0.4, 0.5) is 5.69 Å². The first kappa shape index (κ1) is 16.6. The van der Waals surface area contributed by atoms with E-state index in [1.165, 1.54) is 22.4 Å². The van der Waals surface area contributed by atoms with Crippen LogP contribution in [0.3, 0.4) is 0 Å². The molecule has 1 N–H and O–H groups in total. The van der Waals surface area contributed by atoms with Crippen molar-refractivity contribution in [1.29, 1.82) is 0 Å². The average Bonchev–Trinajstić information content (AvgIpc) is 2.55. The van der Waals surface area contributed by atoms with Crippen LogP contribution in [0.2, 0.25) is 0 Å². The highest BCUT2D eigenvalue weighted by atomic mass is 15.1. The molecule has 0 aliphatic rings. The topological polar surface area (TPSA) is 15.3 Å². The monoisotopic (exact) mass is 296 g/mol. The molecule has 2 nitrogen and oxygen atoms in total. The largest absolute Gasteiger partial charge is 0.385 e. The Morgan fingerprint density at radius 3 is 2.41 bits per heavy atom. The summed E-state index contributed by atoms with van der Waals surface area (Å²) in [7, 11) is 0. The Hall–Kier alpha value is -1.80. The first-order valence-corrected chi connectivity index (χ1v) is 8.28. The third-order valence-electron chi connectivity index (χ3n) is 4.29. The summed E-state index contributed by atoms with van der Waals surface area (Å²) in [6.07, 6.45) is 0. The van der Waals surface area contributed by atoms with Gasteiger partial charge in [-0.1, -0.05) is 49.4 Å². The van der Waals surface area contributed by atoms with Crippen molar-refractivity contribution in [1.82, 2.24) is 4.90 Å². The minimum absolute atomic E-state index is 0.406. The Bertz CT molecular complexity index is 578. The lowest BCUT2D eigenvalue weighted by atomic mass is 10.0. The van der Waals surface area contributed by atoms with Crippen LogP contribution < -0.4 is 5.32 Å². The van der Waals surface area contributed by atoms with Crippen LogP contribution in [-0.4, -0.2) is 18.0 Å². The Labute approximate surface area is 135 Å². The van der Waals surface area contributed by atoms with Gasteiger partial charge in [-0.15, -0.1) is 0 Å². The summed E-state index contributed by atoms with van der Waals surface area (Å²) >= 11 is 0.